The number of ether oxygens (including phenoxy) is 2. The minimum absolute atomic E-state index is 0.216. The van der Waals surface area contributed by atoms with Gasteiger partial charge in [0.2, 0.25) is 0 Å². The Balaban J connectivity index is 2.04. The van der Waals surface area contributed by atoms with Crippen LogP contribution in [0.15, 0.2) is 60.7 Å². The van der Waals surface area contributed by atoms with Gasteiger partial charge in [-0.15, -0.1) is 0 Å². The average Bonchev–Trinajstić information content (AvgIpc) is 2.73. The zero-order chi connectivity index (χ0) is 19.9. The minimum atomic E-state index is -0.263. The van der Waals surface area contributed by atoms with Gasteiger partial charge in [0.1, 0.15) is 11.9 Å². The number of nitrogens with zero attached hydrogens (tertiary/aromatic N) is 1. The maximum absolute atomic E-state index is 11.9. The van der Waals surface area contributed by atoms with Gasteiger partial charge in [0.15, 0.2) is 5.69 Å². The molecule has 0 aliphatic carbocycles. The normalized spacial score (nSPS) is 11.6. The molecule has 0 aliphatic rings. The molecule has 0 heterocycles. The number of carbonyl (C=O) groups excluding carboxylic acids is 1. The number of hydrogen-bond acceptors (Lipinski definition) is 3. The fourth-order valence-corrected chi connectivity index (χ4v) is 3.20. The Hall–Kier alpha value is -3.32. The van der Waals surface area contributed by atoms with E-state index in [0.717, 1.165) is 27.6 Å². The van der Waals surface area contributed by atoms with Crippen LogP contribution in [0.4, 0.5) is 5.69 Å². The average molecular weight is 373 g/mol. The van der Waals surface area contributed by atoms with Crippen molar-refractivity contribution in [3.05, 3.63) is 72.1 Å². The monoisotopic (exact) mass is 373 g/mol. The highest BCUT2D eigenvalue weighted by atomic mass is 16.5. The summed E-state index contributed by atoms with van der Waals surface area (Å²) in [5, 5.41) is 2.18. The third-order valence-electron chi connectivity index (χ3n) is 4.62. The second kappa shape index (κ2) is 9.05. The number of hydrogen-bond donors (Lipinski definition) is 0. The summed E-state index contributed by atoms with van der Waals surface area (Å²) in [5.74, 6) is 0.475. The van der Waals surface area contributed by atoms with Crippen molar-refractivity contribution in [1.82, 2.24) is 0 Å². The van der Waals surface area contributed by atoms with Crippen LogP contribution < -0.4 is 4.74 Å². The van der Waals surface area contributed by atoms with Crippen molar-refractivity contribution in [1.29, 1.82) is 0 Å². The molecule has 1 atom stereocenters. The molecule has 0 saturated carbocycles. The Morgan fingerprint density at radius 3 is 2.46 bits per heavy atom. The van der Waals surface area contributed by atoms with Crippen LogP contribution in [-0.2, 0) is 9.53 Å². The molecule has 142 valence electrons. The number of esters is 1. The molecule has 0 aromatic heterocycles. The van der Waals surface area contributed by atoms with Gasteiger partial charge in [0.25, 0.3) is 0 Å². The number of rotatable bonds is 7. The third kappa shape index (κ3) is 4.32. The van der Waals surface area contributed by atoms with E-state index in [-0.39, 0.29) is 18.5 Å². The third-order valence-corrected chi connectivity index (χ3v) is 4.62. The fourth-order valence-electron chi connectivity index (χ4n) is 3.20. The van der Waals surface area contributed by atoms with Crippen molar-refractivity contribution in [3.63, 3.8) is 0 Å². The van der Waals surface area contributed by atoms with E-state index in [1.807, 2.05) is 55.5 Å². The molecule has 3 aromatic rings. The summed E-state index contributed by atoms with van der Waals surface area (Å²) in [6, 6.07) is 19.6. The molecule has 4 heteroatoms. The summed E-state index contributed by atoms with van der Waals surface area (Å²) in [6.45, 7) is 11.3. The summed E-state index contributed by atoms with van der Waals surface area (Å²) in [5.41, 5.74) is 2.54. The first-order chi connectivity index (χ1) is 13.7. The molecule has 1 unspecified atom stereocenters. The summed E-state index contributed by atoms with van der Waals surface area (Å²) in [7, 11) is 0. The topological polar surface area (TPSA) is 39.9 Å². The molecule has 3 rings (SSSR count). The molecule has 0 bridgehead atoms. The number of fused-ring (bicyclic) bond motifs is 1. The van der Waals surface area contributed by atoms with Crippen LogP contribution >= 0.6 is 0 Å². The van der Waals surface area contributed by atoms with E-state index in [4.69, 9.17) is 16.0 Å². The van der Waals surface area contributed by atoms with Gasteiger partial charge in [-0.2, -0.15) is 0 Å². The van der Waals surface area contributed by atoms with E-state index in [1.165, 1.54) is 0 Å². The Labute approximate surface area is 165 Å². The van der Waals surface area contributed by atoms with Crippen LogP contribution in [0.25, 0.3) is 26.7 Å². The largest absolute Gasteiger partial charge is 0.489 e. The van der Waals surface area contributed by atoms with Gasteiger partial charge in [-0.25, -0.2) is 4.85 Å². The van der Waals surface area contributed by atoms with Gasteiger partial charge >= 0.3 is 5.97 Å². The summed E-state index contributed by atoms with van der Waals surface area (Å²) in [6.07, 6.45) is 0.649. The zero-order valence-corrected chi connectivity index (χ0v) is 16.1. The Morgan fingerprint density at radius 1 is 1.04 bits per heavy atom. The highest BCUT2D eigenvalue weighted by Gasteiger charge is 2.18. The SMILES string of the molecule is [C-]#[N+]c1ccc(-c2c(OC(CC)CC(=O)OCC)ccc3ccccc23)cc1. The van der Waals surface area contributed by atoms with E-state index in [0.29, 0.717) is 18.7 Å². The van der Waals surface area contributed by atoms with E-state index < -0.39 is 0 Å². The minimum Gasteiger partial charge on any atom is -0.489 e. The lowest BCUT2D eigenvalue weighted by Gasteiger charge is -2.21. The van der Waals surface area contributed by atoms with Crippen LogP contribution in [0.2, 0.25) is 0 Å². The smallest absolute Gasteiger partial charge is 0.309 e. The van der Waals surface area contributed by atoms with Crippen molar-refractivity contribution in [3.8, 4) is 16.9 Å². The standard InChI is InChI=1S/C24H23NO3/c1-4-20(16-23(26)27-5-2)28-22-15-12-17-8-6-7-9-21(17)24(22)18-10-13-19(25-3)14-11-18/h6-15,20H,4-5,16H2,1-2H3. The van der Waals surface area contributed by atoms with Crippen LogP contribution in [-0.4, -0.2) is 18.7 Å². The predicted molar refractivity (Wildman–Crippen MR) is 112 cm³/mol. The fraction of sp³-hybridized carbons (Fsp3) is 0.250. The number of carbonyl (C=O) groups is 1. The number of benzene rings is 3. The lowest BCUT2D eigenvalue weighted by Crippen LogP contribution is -2.21. The van der Waals surface area contributed by atoms with Gasteiger partial charge in [-0.1, -0.05) is 61.5 Å². The maximum atomic E-state index is 11.9. The maximum Gasteiger partial charge on any atom is 0.309 e. The summed E-state index contributed by atoms with van der Waals surface area (Å²) >= 11 is 0. The summed E-state index contributed by atoms with van der Waals surface area (Å²) < 4.78 is 11.3. The van der Waals surface area contributed by atoms with E-state index in [9.17, 15) is 4.79 Å². The summed E-state index contributed by atoms with van der Waals surface area (Å²) in [4.78, 5) is 15.4. The van der Waals surface area contributed by atoms with Crippen molar-refractivity contribution in [2.45, 2.75) is 32.8 Å². The molecule has 0 amide bonds. The molecule has 0 aliphatic heterocycles. The van der Waals surface area contributed by atoms with E-state index in [2.05, 4.69) is 17.0 Å². The molecular formula is C24H23NO3. The van der Waals surface area contributed by atoms with Gasteiger partial charge in [0, 0.05) is 5.56 Å². The second-order valence-corrected chi connectivity index (χ2v) is 6.48. The van der Waals surface area contributed by atoms with Crippen LogP contribution in [0.3, 0.4) is 0 Å². The lowest BCUT2D eigenvalue weighted by atomic mass is 9.97. The predicted octanol–water partition coefficient (Wildman–Crippen LogP) is 6.17. The van der Waals surface area contributed by atoms with Gasteiger partial charge in [-0.05, 0) is 35.7 Å². The zero-order valence-electron chi connectivity index (χ0n) is 16.1. The van der Waals surface area contributed by atoms with Crippen LogP contribution in [0.5, 0.6) is 5.75 Å². The van der Waals surface area contributed by atoms with E-state index >= 15 is 0 Å². The Kier molecular flexibility index (Phi) is 6.29. The van der Waals surface area contributed by atoms with Crippen molar-refractivity contribution in [2.75, 3.05) is 6.61 Å². The first-order valence-electron chi connectivity index (χ1n) is 9.48. The lowest BCUT2D eigenvalue weighted by molar-refractivity contribution is -0.145. The van der Waals surface area contributed by atoms with Crippen molar-refractivity contribution >= 4 is 22.4 Å². The Morgan fingerprint density at radius 2 is 1.79 bits per heavy atom. The van der Waals surface area contributed by atoms with Crippen LogP contribution in [0, 0.1) is 6.57 Å². The first kappa shape index (κ1) is 19.4. The quantitative estimate of drug-likeness (QED) is 0.367. The molecule has 0 fully saturated rings. The van der Waals surface area contributed by atoms with Gasteiger partial charge in [-0.3, -0.25) is 4.79 Å². The van der Waals surface area contributed by atoms with Gasteiger partial charge in [0.05, 0.1) is 19.6 Å². The molecule has 0 spiro atoms. The molecular weight excluding hydrogens is 350 g/mol. The highest BCUT2D eigenvalue weighted by Crippen LogP contribution is 2.38. The Bertz CT molecular complexity index is 1000. The second-order valence-electron chi connectivity index (χ2n) is 6.48. The molecule has 0 N–H and O–H groups in total. The van der Waals surface area contributed by atoms with Crippen molar-refractivity contribution < 1.29 is 14.3 Å². The molecule has 4 nitrogen and oxygen atoms in total. The van der Waals surface area contributed by atoms with E-state index in [1.54, 1.807) is 6.92 Å². The van der Waals surface area contributed by atoms with Crippen molar-refractivity contribution in [2.24, 2.45) is 0 Å². The molecule has 0 radical (unpaired) electrons. The molecule has 28 heavy (non-hydrogen) atoms. The first-order valence-corrected chi connectivity index (χ1v) is 9.48. The van der Waals surface area contributed by atoms with Crippen LogP contribution in [0.1, 0.15) is 26.7 Å². The highest BCUT2D eigenvalue weighted by molar-refractivity contribution is 6.00. The molecule has 3 aromatic carbocycles. The van der Waals surface area contributed by atoms with Gasteiger partial charge < -0.3 is 9.47 Å². The molecule has 0 saturated heterocycles.